The van der Waals surface area contributed by atoms with E-state index in [1.807, 2.05) is 30.5 Å². The van der Waals surface area contributed by atoms with Crippen molar-refractivity contribution in [2.24, 2.45) is 0 Å². The van der Waals surface area contributed by atoms with Crippen molar-refractivity contribution < 1.29 is 4.74 Å². The van der Waals surface area contributed by atoms with Gasteiger partial charge in [0.1, 0.15) is 5.75 Å². The van der Waals surface area contributed by atoms with E-state index in [1.54, 1.807) is 10.6 Å². The summed E-state index contributed by atoms with van der Waals surface area (Å²) in [5, 5.41) is 0. The Balaban J connectivity index is 1.93. The van der Waals surface area contributed by atoms with Gasteiger partial charge in [0, 0.05) is 28.3 Å². The second-order valence-electron chi connectivity index (χ2n) is 4.71. The van der Waals surface area contributed by atoms with Crippen molar-refractivity contribution in [1.82, 2.24) is 4.57 Å². The van der Waals surface area contributed by atoms with E-state index in [1.165, 1.54) is 5.56 Å². The molecule has 0 spiro atoms. The van der Waals surface area contributed by atoms with E-state index in [9.17, 15) is 4.79 Å². The maximum absolute atomic E-state index is 11.9. The molecule has 0 radical (unpaired) electrons. The van der Waals surface area contributed by atoms with E-state index < -0.39 is 0 Å². The number of halogens is 1. The van der Waals surface area contributed by atoms with Crippen LogP contribution in [0.2, 0.25) is 0 Å². The molecule has 0 saturated carbocycles. The fourth-order valence-electron chi connectivity index (χ4n) is 2.49. The van der Waals surface area contributed by atoms with Gasteiger partial charge in [-0.1, -0.05) is 18.2 Å². The van der Waals surface area contributed by atoms with Gasteiger partial charge in [0.2, 0.25) is 0 Å². The molecule has 0 aliphatic carbocycles. The summed E-state index contributed by atoms with van der Waals surface area (Å²) in [6.07, 6.45) is 2.87. The molecule has 2 aromatic rings. The third kappa shape index (κ3) is 2.68. The van der Waals surface area contributed by atoms with Gasteiger partial charge in [0.15, 0.2) is 0 Å². The standard InChI is InChI=1S/C15H14INO2/c16-12-5-6-15(18)17(10-12)9-11-7-8-19-14-4-2-1-3-13(11)14/h1-6,10-11H,7-9H2. The van der Waals surface area contributed by atoms with Gasteiger partial charge in [-0.3, -0.25) is 4.79 Å². The second-order valence-corrected chi connectivity index (χ2v) is 5.96. The molecular formula is C15H14INO2. The van der Waals surface area contributed by atoms with Gasteiger partial charge >= 0.3 is 0 Å². The van der Waals surface area contributed by atoms with E-state index in [0.29, 0.717) is 5.92 Å². The Morgan fingerprint density at radius 2 is 2.11 bits per heavy atom. The lowest BCUT2D eigenvalue weighted by Crippen LogP contribution is -2.25. The van der Waals surface area contributed by atoms with Gasteiger partial charge in [-0.2, -0.15) is 0 Å². The quantitative estimate of drug-likeness (QED) is 0.765. The molecule has 0 fully saturated rings. The first-order valence-electron chi connectivity index (χ1n) is 6.32. The average Bonchev–Trinajstić information content (AvgIpc) is 2.43. The molecule has 1 aromatic heterocycles. The monoisotopic (exact) mass is 367 g/mol. The topological polar surface area (TPSA) is 31.2 Å². The van der Waals surface area contributed by atoms with Crippen LogP contribution >= 0.6 is 22.6 Å². The fraction of sp³-hybridized carbons (Fsp3) is 0.267. The third-order valence-corrected chi connectivity index (χ3v) is 4.09. The Morgan fingerprint density at radius 1 is 1.26 bits per heavy atom. The molecule has 1 aliphatic heterocycles. The molecular weight excluding hydrogens is 353 g/mol. The summed E-state index contributed by atoms with van der Waals surface area (Å²) in [7, 11) is 0. The zero-order valence-corrected chi connectivity index (χ0v) is 12.5. The highest BCUT2D eigenvalue weighted by molar-refractivity contribution is 14.1. The molecule has 98 valence electrons. The number of hydrogen-bond donors (Lipinski definition) is 0. The number of aromatic nitrogens is 1. The van der Waals surface area contributed by atoms with Gasteiger partial charge in [-0.05, 0) is 46.7 Å². The molecule has 0 amide bonds. The van der Waals surface area contributed by atoms with Crippen molar-refractivity contribution in [3.63, 3.8) is 0 Å². The summed E-state index contributed by atoms with van der Waals surface area (Å²) in [5.41, 5.74) is 1.27. The number of hydrogen-bond acceptors (Lipinski definition) is 2. The van der Waals surface area contributed by atoms with Gasteiger partial charge in [0.05, 0.1) is 6.61 Å². The smallest absolute Gasteiger partial charge is 0.250 e. The van der Waals surface area contributed by atoms with Crippen molar-refractivity contribution >= 4 is 22.6 Å². The Morgan fingerprint density at radius 3 is 3.00 bits per heavy atom. The fourth-order valence-corrected chi connectivity index (χ4v) is 3.00. The number of rotatable bonds is 2. The highest BCUT2D eigenvalue weighted by atomic mass is 127. The number of benzene rings is 1. The first kappa shape index (κ1) is 12.7. The van der Waals surface area contributed by atoms with Crippen molar-refractivity contribution in [3.8, 4) is 5.75 Å². The number of para-hydroxylation sites is 1. The first-order chi connectivity index (χ1) is 9.24. The molecule has 2 heterocycles. The van der Waals surface area contributed by atoms with Crippen LogP contribution in [-0.4, -0.2) is 11.2 Å². The lowest BCUT2D eigenvalue weighted by Gasteiger charge is -2.26. The summed E-state index contributed by atoms with van der Waals surface area (Å²) >= 11 is 2.23. The summed E-state index contributed by atoms with van der Waals surface area (Å²) in [6, 6.07) is 11.6. The molecule has 4 heteroatoms. The maximum Gasteiger partial charge on any atom is 0.250 e. The third-order valence-electron chi connectivity index (χ3n) is 3.45. The molecule has 0 saturated heterocycles. The molecule has 0 bridgehead atoms. The minimum Gasteiger partial charge on any atom is -0.493 e. The lowest BCUT2D eigenvalue weighted by atomic mass is 9.93. The average molecular weight is 367 g/mol. The molecule has 3 nitrogen and oxygen atoms in total. The van der Waals surface area contributed by atoms with Crippen LogP contribution in [0.5, 0.6) is 5.75 Å². The summed E-state index contributed by atoms with van der Waals surface area (Å²) < 4.78 is 8.54. The zero-order valence-electron chi connectivity index (χ0n) is 10.4. The van der Waals surface area contributed by atoms with Crippen molar-refractivity contribution in [2.45, 2.75) is 18.9 Å². The number of pyridine rings is 1. The van der Waals surface area contributed by atoms with Crippen LogP contribution in [0.1, 0.15) is 17.9 Å². The van der Waals surface area contributed by atoms with Crippen LogP contribution in [0.25, 0.3) is 0 Å². The van der Waals surface area contributed by atoms with E-state index >= 15 is 0 Å². The number of ether oxygens (including phenoxy) is 1. The molecule has 1 atom stereocenters. The van der Waals surface area contributed by atoms with Crippen LogP contribution in [0.15, 0.2) is 47.4 Å². The zero-order chi connectivity index (χ0) is 13.2. The predicted octanol–water partition coefficient (Wildman–Crippen LogP) is 3.02. The van der Waals surface area contributed by atoms with Crippen LogP contribution < -0.4 is 10.3 Å². The highest BCUT2D eigenvalue weighted by Crippen LogP contribution is 2.34. The molecule has 1 unspecified atom stereocenters. The minimum atomic E-state index is 0.0596. The van der Waals surface area contributed by atoms with Gasteiger partial charge in [-0.25, -0.2) is 0 Å². The molecule has 0 N–H and O–H groups in total. The van der Waals surface area contributed by atoms with Crippen LogP contribution in [0.3, 0.4) is 0 Å². The summed E-state index contributed by atoms with van der Waals surface area (Å²) in [5.74, 6) is 1.30. The van der Waals surface area contributed by atoms with Crippen LogP contribution in [-0.2, 0) is 6.54 Å². The van der Waals surface area contributed by atoms with Gasteiger partial charge in [-0.15, -0.1) is 0 Å². The molecule has 1 aliphatic rings. The van der Waals surface area contributed by atoms with Crippen LogP contribution in [0, 0.1) is 3.57 Å². The first-order valence-corrected chi connectivity index (χ1v) is 7.39. The molecule has 3 rings (SSSR count). The van der Waals surface area contributed by atoms with Crippen molar-refractivity contribution in [1.29, 1.82) is 0 Å². The summed E-state index contributed by atoms with van der Waals surface area (Å²) in [6.45, 7) is 1.44. The Labute approximate surface area is 125 Å². The van der Waals surface area contributed by atoms with Crippen molar-refractivity contribution in [2.75, 3.05) is 6.61 Å². The Bertz CT molecular complexity index is 651. The van der Waals surface area contributed by atoms with Gasteiger partial charge < -0.3 is 9.30 Å². The largest absolute Gasteiger partial charge is 0.493 e. The molecule has 1 aromatic carbocycles. The van der Waals surface area contributed by atoms with Crippen LogP contribution in [0.4, 0.5) is 0 Å². The summed E-state index contributed by atoms with van der Waals surface area (Å²) in [4.78, 5) is 11.9. The Hall–Kier alpha value is -1.30. The lowest BCUT2D eigenvalue weighted by molar-refractivity contribution is 0.258. The second kappa shape index (κ2) is 5.36. The molecule has 19 heavy (non-hydrogen) atoms. The Kier molecular flexibility index (Phi) is 3.59. The number of nitrogens with zero attached hydrogens (tertiary/aromatic N) is 1. The van der Waals surface area contributed by atoms with E-state index in [4.69, 9.17) is 4.74 Å². The number of fused-ring (bicyclic) bond motifs is 1. The highest BCUT2D eigenvalue weighted by Gasteiger charge is 2.21. The maximum atomic E-state index is 11.9. The van der Waals surface area contributed by atoms with Gasteiger partial charge in [0.25, 0.3) is 5.56 Å². The van der Waals surface area contributed by atoms with E-state index in [0.717, 1.165) is 28.9 Å². The van der Waals surface area contributed by atoms with Crippen molar-refractivity contribution in [3.05, 3.63) is 62.1 Å². The van der Waals surface area contributed by atoms with E-state index in [2.05, 4.69) is 28.7 Å². The van der Waals surface area contributed by atoms with E-state index in [-0.39, 0.29) is 5.56 Å². The minimum absolute atomic E-state index is 0.0596. The predicted molar refractivity (Wildman–Crippen MR) is 82.7 cm³/mol. The normalized spacial score (nSPS) is 17.6. The SMILES string of the molecule is O=c1ccc(I)cn1CC1CCOc2ccccc21.